The van der Waals surface area contributed by atoms with Crippen LogP contribution in [0.1, 0.15) is 16.4 Å². The maximum atomic E-state index is 13.9. The summed E-state index contributed by atoms with van der Waals surface area (Å²) >= 11 is 2.26. The van der Waals surface area contributed by atoms with Crippen LogP contribution in [-0.2, 0) is 20.9 Å². The second-order valence-corrected chi connectivity index (χ2v) is 12.2. The molecule has 3 amide bonds. The highest BCUT2D eigenvalue weighted by Crippen LogP contribution is 2.53. The van der Waals surface area contributed by atoms with E-state index in [1.54, 1.807) is 24.3 Å². The zero-order valence-electron chi connectivity index (χ0n) is 21.6. The van der Waals surface area contributed by atoms with Crippen molar-refractivity contribution in [3.63, 3.8) is 0 Å². The number of thiazole rings is 1. The highest BCUT2D eigenvalue weighted by atomic mass is 32.2. The van der Waals surface area contributed by atoms with Crippen LogP contribution in [0.5, 0.6) is 0 Å². The largest absolute Gasteiger partial charge is 0.325 e. The molecule has 2 aliphatic rings. The topological polar surface area (TPSA) is 88.5 Å². The van der Waals surface area contributed by atoms with Gasteiger partial charge >= 0.3 is 4.87 Å². The molecule has 0 spiro atoms. The van der Waals surface area contributed by atoms with Crippen LogP contribution >= 0.6 is 23.1 Å². The molecular formula is C32H23N3O4S2. The third-order valence-corrected chi connectivity index (χ3v) is 10.2. The molecule has 3 atom stereocenters. The summed E-state index contributed by atoms with van der Waals surface area (Å²) in [7, 11) is 0. The van der Waals surface area contributed by atoms with Crippen LogP contribution in [0.4, 0.5) is 11.4 Å². The number of rotatable bonds is 5. The van der Waals surface area contributed by atoms with Gasteiger partial charge in [0.05, 0.1) is 16.6 Å². The number of benzene rings is 4. The molecule has 1 N–H and O–H groups in total. The van der Waals surface area contributed by atoms with Crippen molar-refractivity contribution >= 4 is 63.0 Å². The molecule has 0 radical (unpaired) electrons. The zero-order valence-corrected chi connectivity index (χ0v) is 23.2. The van der Waals surface area contributed by atoms with Crippen LogP contribution in [-0.4, -0.2) is 27.5 Å². The summed E-state index contributed by atoms with van der Waals surface area (Å²) in [4.78, 5) is 55.8. The fraction of sp³-hybridized carbons (Fsp3) is 0.125. The molecule has 5 aromatic rings. The molecule has 4 aromatic carbocycles. The Hall–Kier alpha value is -4.47. The summed E-state index contributed by atoms with van der Waals surface area (Å²) < 4.78 is 1.44. The van der Waals surface area contributed by atoms with E-state index in [1.807, 2.05) is 78.9 Å². The van der Waals surface area contributed by atoms with Gasteiger partial charge < -0.3 is 5.32 Å². The number of para-hydroxylation sites is 1. The van der Waals surface area contributed by atoms with Gasteiger partial charge in [-0.15, -0.1) is 0 Å². The van der Waals surface area contributed by atoms with E-state index >= 15 is 0 Å². The summed E-state index contributed by atoms with van der Waals surface area (Å²) in [6.07, 6.45) is 0. The van der Waals surface area contributed by atoms with Crippen molar-refractivity contribution in [2.24, 2.45) is 5.92 Å². The van der Waals surface area contributed by atoms with E-state index < -0.39 is 17.1 Å². The molecule has 2 aliphatic heterocycles. The number of nitrogens with zero attached hydrogens (tertiary/aromatic N) is 2. The first kappa shape index (κ1) is 25.5. The third-order valence-electron chi connectivity index (χ3n) is 7.56. The van der Waals surface area contributed by atoms with Crippen LogP contribution in [0, 0.1) is 5.92 Å². The Morgan fingerprint density at radius 3 is 2.22 bits per heavy atom. The van der Waals surface area contributed by atoms with Gasteiger partial charge in [0.2, 0.25) is 17.7 Å². The predicted molar refractivity (Wildman–Crippen MR) is 162 cm³/mol. The number of amides is 3. The van der Waals surface area contributed by atoms with E-state index in [0.29, 0.717) is 21.3 Å². The number of anilines is 2. The maximum Gasteiger partial charge on any atom is 0.308 e. The van der Waals surface area contributed by atoms with Crippen molar-refractivity contribution < 1.29 is 14.4 Å². The van der Waals surface area contributed by atoms with Crippen molar-refractivity contribution in [1.29, 1.82) is 0 Å². The Labute approximate surface area is 243 Å². The lowest BCUT2D eigenvalue weighted by atomic mass is 9.83. The van der Waals surface area contributed by atoms with Crippen LogP contribution in [0.3, 0.4) is 0 Å². The quantitative estimate of drug-likeness (QED) is 0.279. The molecule has 3 unspecified atom stereocenters. The Bertz CT molecular complexity index is 1880. The smallest absolute Gasteiger partial charge is 0.308 e. The molecule has 202 valence electrons. The number of aromatic nitrogens is 1. The number of thioether (sulfide) groups is 1. The average molecular weight is 578 g/mol. The minimum absolute atomic E-state index is 0.200. The number of nitrogens with one attached hydrogen (secondary N) is 1. The van der Waals surface area contributed by atoms with E-state index in [0.717, 1.165) is 27.7 Å². The van der Waals surface area contributed by atoms with Crippen molar-refractivity contribution in [2.45, 2.75) is 22.7 Å². The minimum atomic E-state index is -0.718. The van der Waals surface area contributed by atoms with Crippen molar-refractivity contribution in [3.05, 3.63) is 123 Å². The van der Waals surface area contributed by atoms with Gasteiger partial charge in [0, 0.05) is 16.5 Å². The van der Waals surface area contributed by atoms with Crippen molar-refractivity contribution in [2.75, 3.05) is 10.2 Å². The summed E-state index contributed by atoms with van der Waals surface area (Å²) in [5.41, 5.74) is 2.02. The SMILES string of the molecule is O=C(Cn1c2c(sc1=O)C(c1ccccc1)C1C(=O)N(c3ccccc3)C(=O)C1S2)Nc1ccc2ccccc2c1. The molecule has 7 rings (SSSR count). The molecule has 1 saturated heterocycles. The summed E-state index contributed by atoms with van der Waals surface area (Å²) in [6.45, 7) is -0.200. The summed E-state index contributed by atoms with van der Waals surface area (Å²) in [5, 5.41) is 4.82. The fourth-order valence-electron chi connectivity index (χ4n) is 5.72. The molecule has 0 aliphatic carbocycles. The third kappa shape index (κ3) is 4.38. The van der Waals surface area contributed by atoms with Gasteiger partial charge in [0.1, 0.15) is 11.8 Å². The first-order valence-electron chi connectivity index (χ1n) is 13.2. The van der Waals surface area contributed by atoms with E-state index in [1.165, 1.54) is 21.2 Å². The lowest BCUT2D eigenvalue weighted by Crippen LogP contribution is -2.33. The predicted octanol–water partition coefficient (Wildman–Crippen LogP) is 5.50. The highest BCUT2D eigenvalue weighted by Gasteiger charge is 2.56. The van der Waals surface area contributed by atoms with Gasteiger partial charge in [-0.2, -0.15) is 0 Å². The fourth-order valence-corrected chi connectivity index (χ4v) is 8.49. The average Bonchev–Trinajstić information content (AvgIpc) is 3.44. The Balaban J connectivity index is 1.25. The molecule has 1 aromatic heterocycles. The maximum absolute atomic E-state index is 13.9. The van der Waals surface area contributed by atoms with Crippen molar-refractivity contribution in [1.82, 2.24) is 4.57 Å². The lowest BCUT2D eigenvalue weighted by Gasteiger charge is -2.30. The molecule has 0 bridgehead atoms. The Morgan fingerprint density at radius 1 is 0.780 bits per heavy atom. The van der Waals surface area contributed by atoms with Crippen LogP contribution in [0.15, 0.2) is 113 Å². The number of hydrogen-bond donors (Lipinski definition) is 1. The lowest BCUT2D eigenvalue weighted by molar-refractivity contribution is -0.122. The molecule has 1 fully saturated rings. The molecule has 0 saturated carbocycles. The number of hydrogen-bond acceptors (Lipinski definition) is 6. The van der Waals surface area contributed by atoms with E-state index in [9.17, 15) is 19.2 Å². The van der Waals surface area contributed by atoms with Gasteiger partial charge in [-0.25, -0.2) is 4.90 Å². The van der Waals surface area contributed by atoms with Gasteiger partial charge in [-0.3, -0.25) is 23.7 Å². The Kier molecular flexibility index (Phi) is 6.33. The van der Waals surface area contributed by atoms with E-state index in [-0.39, 0.29) is 29.1 Å². The number of carbonyl (C=O) groups is 3. The molecular weight excluding hydrogens is 555 g/mol. The molecule has 7 nitrogen and oxygen atoms in total. The number of carbonyl (C=O) groups excluding carboxylic acids is 3. The second kappa shape index (κ2) is 10.2. The normalized spacial score (nSPS) is 19.7. The van der Waals surface area contributed by atoms with Gasteiger partial charge in [-0.1, -0.05) is 102 Å². The van der Waals surface area contributed by atoms with Crippen LogP contribution in [0.2, 0.25) is 0 Å². The molecule has 9 heteroatoms. The van der Waals surface area contributed by atoms with Gasteiger partial charge in [-0.05, 0) is 40.6 Å². The second-order valence-electron chi connectivity index (χ2n) is 10.0. The molecule has 41 heavy (non-hydrogen) atoms. The van der Waals surface area contributed by atoms with Gasteiger partial charge in [0.25, 0.3) is 0 Å². The van der Waals surface area contributed by atoms with Crippen LogP contribution in [0.25, 0.3) is 10.8 Å². The Morgan fingerprint density at radius 2 is 1.46 bits per heavy atom. The first-order valence-corrected chi connectivity index (χ1v) is 14.9. The monoisotopic (exact) mass is 577 g/mol. The van der Waals surface area contributed by atoms with E-state index in [2.05, 4.69) is 5.32 Å². The van der Waals surface area contributed by atoms with Gasteiger partial charge in [0.15, 0.2) is 0 Å². The minimum Gasteiger partial charge on any atom is -0.325 e. The number of imide groups is 1. The number of fused-ring (bicyclic) bond motifs is 3. The standard InChI is InChI=1S/C32H23N3O4S2/c36-24(33-22-16-15-19-9-7-8-12-21(19)17-22)18-34-31-28(41-32(34)39)25(20-10-3-1-4-11-20)26-27(40-31)30(38)35(29(26)37)23-13-5-2-6-14-23/h1-17,25-27H,18H2,(H,33,36). The van der Waals surface area contributed by atoms with E-state index in [4.69, 9.17) is 0 Å². The van der Waals surface area contributed by atoms with Crippen molar-refractivity contribution in [3.8, 4) is 0 Å². The highest BCUT2D eigenvalue weighted by molar-refractivity contribution is 8.00. The first-order chi connectivity index (χ1) is 20.0. The molecule has 3 heterocycles. The zero-order chi connectivity index (χ0) is 28.1. The van der Waals surface area contributed by atoms with Crippen LogP contribution < -0.4 is 15.1 Å². The summed E-state index contributed by atoms with van der Waals surface area (Å²) in [6, 6.07) is 32.0. The summed E-state index contributed by atoms with van der Waals surface area (Å²) in [5.74, 6) is -2.08.